The maximum absolute atomic E-state index is 11.8. The zero-order valence-electron chi connectivity index (χ0n) is 15.8. The maximum atomic E-state index is 11.8. The molecule has 1 aliphatic heterocycles. The third kappa shape index (κ3) is 5.56. The van der Waals surface area contributed by atoms with Crippen LogP contribution in [0.4, 0.5) is 0 Å². The molecule has 138 valence electrons. The van der Waals surface area contributed by atoms with E-state index < -0.39 is 0 Å². The summed E-state index contributed by atoms with van der Waals surface area (Å²) in [7, 11) is 1.66. The van der Waals surface area contributed by atoms with Crippen LogP contribution in [0.5, 0.6) is 5.75 Å². The second kappa shape index (κ2) is 8.99. The third-order valence-electron chi connectivity index (χ3n) is 4.77. The van der Waals surface area contributed by atoms with Crippen molar-refractivity contribution >= 4 is 11.7 Å². The highest BCUT2D eigenvalue weighted by Crippen LogP contribution is 2.25. The highest BCUT2D eigenvalue weighted by atomic mass is 16.5. The highest BCUT2D eigenvalue weighted by Gasteiger charge is 2.22. The topological polar surface area (TPSA) is 58.6 Å². The van der Waals surface area contributed by atoms with Crippen LogP contribution in [-0.2, 0) is 11.3 Å². The van der Waals surface area contributed by atoms with Crippen molar-refractivity contribution in [1.29, 1.82) is 0 Å². The number of carbonyl (C=O) groups is 2. The van der Waals surface area contributed by atoms with E-state index in [0.29, 0.717) is 11.5 Å². The highest BCUT2D eigenvalue weighted by molar-refractivity contribution is 5.94. The Kier molecular flexibility index (Phi) is 7.00. The minimum absolute atomic E-state index is 0.0262. The number of ketones is 1. The van der Waals surface area contributed by atoms with Crippen LogP contribution in [0.3, 0.4) is 0 Å². The summed E-state index contributed by atoms with van der Waals surface area (Å²) in [5.41, 5.74) is 1.76. The van der Waals surface area contributed by atoms with Crippen LogP contribution in [-0.4, -0.2) is 43.3 Å². The molecular weight excluding hydrogens is 316 g/mol. The first-order chi connectivity index (χ1) is 11.9. The lowest BCUT2D eigenvalue weighted by Gasteiger charge is -2.33. The summed E-state index contributed by atoms with van der Waals surface area (Å²) >= 11 is 0. The number of hydrogen-bond donors (Lipinski definition) is 1. The fourth-order valence-corrected chi connectivity index (χ4v) is 3.27. The van der Waals surface area contributed by atoms with Gasteiger partial charge in [-0.2, -0.15) is 0 Å². The first kappa shape index (κ1) is 19.4. The SMILES string of the molecule is COc1ccc(C(C)=O)cc1CN1CCC[C@@H](CNC(=O)C(C)C)C1. The van der Waals surface area contributed by atoms with Crippen molar-refractivity contribution in [2.75, 3.05) is 26.7 Å². The monoisotopic (exact) mass is 346 g/mol. The molecule has 1 N–H and O–H groups in total. The van der Waals surface area contributed by atoms with Gasteiger partial charge in [-0.25, -0.2) is 0 Å². The van der Waals surface area contributed by atoms with Gasteiger partial charge < -0.3 is 10.1 Å². The van der Waals surface area contributed by atoms with Gasteiger partial charge in [0, 0.05) is 36.7 Å². The number of nitrogens with one attached hydrogen (secondary N) is 1. The second-order valence-electron chi connectivity index (χ2n) is 7.23. The van der Waals surface area contributed by atoms with Gasteiger partial charge in [-0.15, -0.1) is 0 Å². The molecule has 1 aromatic rings. The van der Waals surface area contributed by atoms with Crippen LogP contribution in [0, 0.1) is 11.8 Å². The Morgan fingerprint density at radius 3 is 2.76 bits per heavy atom. The molecule has 0 aromatic heterocycles. The van der Waals surface area contributed by atoms with E-state index in [1.54, 1.807) is 14.0 Å². The van der Waals surface area contributed by atoms with Gasteiger partial charge in [0.15, 0.2) is 5.78 Å². The zero-order valence-corrected chi connectivity index (χ0v) is 15.8. The normalized spacial score (nSPS) is 18.2. The number of ether oxygens (including phenoxy) is 1. The number of benzene rings is 1. The summed E-state index contributed by atoms with van der Waals surface area (Å²) in [4.78, 5) is 25.8. The summed E-state index contributed by atoms with van der Waals surface area (Å²) in [6.45, 7) is 8.89. The van der Waals surface area contributed by atoms with E-state index in [-0.39, 0.29) is 17.6 Å². The van der Waals surface area contributed by atoms with E-state index in [1.807, 2.05) is 32.0 Å². The molecule has 1 saturated heterocycles. The van der Waals surface area contributed by atoms with E-state index >= 15 is 0 Å². The number of Topliss-reactive ketones (excluding diaryl/α,β-unsaturated/α-hetero) is 1. The lowest BCUT2D eigenvalue weighted by Crippen LogP contribution is -2.41. The molecule has 0 unspecified atom stereocenters. The van der Waals surface area contributed by atoms with Crippen molar-refractivity contribution in [3.63, 3.8) is 0 Å². The van der Waals surface area contributed by atoms with E-state index in [0.717, 1.165) is 50.3 Å². The van der Waals surface area contributed by atoms with Crippen molar-refractivity contribution in [3.05, 3.63) is 29.3 Å². The number of hydrogen-bond acceptors (Lipinski definition) is 4. The number of rotatable bonds is 7. The van der Waals surface area contributed by atoms with Gasteiger partial charge in [-0.3, -0.25) is 14.5 Å². The molecule has 0 saturated carbocycles. The number of piperidine rings is 1. The summed E-state index contributed by atoms with van der Waals surface area (Å²) in [5, 5.41) is 3.05. The molecule has 0 radical (unpaired) electrons. The van der Waals surface area contributed by atoms with Crippen molar-refractivity contribution in [2.24, 2.45) is 11.8 Å². The summed E-state index contributed by atoms with van der Waals surface area (Å²) < 4.78 is 5.46. The second-order valence-corrected chi connectivity index (χ2v) is 7.23. The molecule has 0 spiro atoms. The summed E-state index contributed by atoms with van der Waals surface area (Å²) in [6.07, 6.45) is 2.26. The lowest BCUT2D eigenvalue weighted by atomic mass is 9.96. The Morgan fingerprint density at radius 1 is 1.36 bits per heavy atom. The Bertz CT molecular complexity index is 613. The van der Waals surface area contributed by atoms with Crippen LogP contribution in [0.2, 0.25) is 0 Å². The fourth-order valence-electron chi connectivity index (χ4n) is 3.27. The molecule has 1 fully saturated rings. The summed E-state index contributed by atoms with van der Waals surface area (Å²) in [5.74, 6) is 1.50. The molecular formula is C20H30N2O3. The third-order valence-corrected chi connectivity index (χ3v) is 4.77. The first-order valence-corrected chi connectivity index (χ1v) is 9.08. The Balaban J connectivity index is 1.99. The molecule has 25 heavy (non-hydrogen) atoms. The molecule has 5 nitrogen and oxygen atoms in total. The molecule has 1 aromatic carbocycles. The molecule has 1 aliphatic rings. The van der Waals surface area contributed by atoms with Crippen LogP contribution in [0.1, 0.15) is 49.5 Å². The number of methoxy groups -OCH3 is 1. The van der Waals surface area contributed by atoms with Crippen LogP contribution in [0.25, 0.3) is 0 Å². The smallest absolute Gasteiger partial charge is 0.222 e. The molecule has 0 aliphatic carbocycles. The molecule has 5 heteroatoms. The first-order valence-electron chi connectivity index (χ1n) is 9.08. The average Bonchev–Trinajstić information content (AvgIpc) is 2.59. The Morgan fingerprint density at radius 2 is 2.12 bits per heavy atom. The standard InChI is InChI=1S/C20H30N2O3/c1-14(2)20(24)21-11-16-6-5-9-22(12-16)13-18-10-17(15(3)23)7-8-19(18)25-4/h7-8,10,14,16H,5-6,9,11-13H2,1-4H3,(H,21,24)/t16-/m0/s1. The van der Waals surface area contributed by atoms with Crippen molar-refractivity contribution in [3.8, 4) is 5.75 Å². The van der Waals surface area contributed by atoms with Gasteiger partial charge in [-0.1, -0.05) is 13.8 Å². The number of carbonyl (C=O) groups excluding carboxylic acids is 2. The summed E-state index contributed by atoms with van der Waals surface area (Å²) in [6, 6.07) is 5.62. The van der Waals surface area contributed by atoms with Crippen molar-refractivity contribution in [2.45, 2.75) is 40.2 Å². The molecule has 1 atom stereocenters. The van der Waals surface area contributed by atoms with Gasteiger partial charge in [0.1, 0.15) is 5.75 Å². The minimum Gasteiger partial charge on any atom is -0.496 e. The number of nitrogens with zero attached hydrogens (tertiary/aromatic N) is 1. The van der Waals surface area contributed by atoms with Crippen LogP contribution in [0.15, 0.2) is 18.2 Å². The largest absolute Gasteiger partial charge is 0.496 e. The molecule has 0 bridgehead atoms. The van der Waals surface area contributed by atoms with Gasteiger partial charge in [0.2, 0.25) is 5.91 Å². The van der Waals surface area contributed by atoms with Crippen LogP contribution < -0.4 is 10.1 Å². The van der Waals surface area contributed by atoms with Crippen molar-refractivity contribution < 1.29 is 14.3 Å². The van der Waals surface area contributed by atoms with Gasteiger partial charge >= 0.3 is 0 Å². The fraction of sp³-hybridized carbons (Fsp3) is 0.600. The number of amides is 1. The van der Waals surface area contributed by atoms with Crippen LogP contribution >= 0.6 is 0 Å². The van der Waals surface area contributed by atoms with E-state index in [9.17, 15) is 9.59 Å². The zero-order chi connectivity index (χ0) is 18.4. The van der Waals surface area contributed by atoms with Gasteiger partial charge in [-0.05, 0) is 50.4 Å². The maximum Gasteiger partial charge on any atom is 0.222 e. The Hall–Kier alpha value is -1.88. The number of likely N-dealkylation sites (tertiary alicyclic amines) is 1. The van der Waals surface area contributed by atoms with E-state index in [1.165, 1.54) is 0 Å². The van der Waals surface area contributed by atoms with Gasteiger partial charge in [0.25, 0.3) is 0 Å². The molecule has 1 heterocycles. The lowest BCUT2D eigenvalue weighted by molar-refractivity contribution is -0.124. The molecule has 2 rings (SSSR count). The minimum atomic E-state index is 0.0262. The van der Waals surface area contributed by atoms with E-state index in [4.69, 9.17) is 4.74 Å². The van der Waals surface area contributed by atoms with Gasteiger partial charge in [0.05, 0.1) is 7.11 Å². The molecule has 1 amide bonds. The predicted molar refractivity (Wildman–Crippen MR) is 98.8 cm³/mol. The average molecular weight is 346 g/mol. The Labute approximate surface area is 150 Å². The van der Waals surface area contributed by atoms with E-state index in [2.05, 4.69) is 10.2 Å². The predicted octanol–water partition coefficient (Wildman–Crippen LogP) is 2.88. The van der Waals surface area contributed by atoms with Crippen molar-refractivity contribution in [1.82, 2.24) is 10.2 Å². The quantitative estimate of drug-likeness (QED) is 0.771.